The van der Waals surface area contributed by atoms with E-state index in [-0.39, 0.29) is 36.2 Å². The number of carbonyl (C=O) groups excluding carboxylic acids is 1. The fraction of sp³-hybridized carbons (Fsp3) is 0.467. The number of amides is 2. The molecule has 0 fully saturated rings. The molecule has 0 aromatic heterocycles. The van der Waals surface area contributed by atoms with Gasteiger partial charge in [-0.2, -0.15) is 4.31 Å². The van der Waals surface area contributed by atoms with E-state index in [1.54, 1.807) is 12.3 Å². The number of aliphatic hydroxyl groups is 1. The van der Waals surface area contributed by atoms with Crippen molar-refractivity contribution in [2.24, 2.45) is 5.92 Å². The van der Waals surface area contributed by atoms with E-state index < -0.39 is 28.3 Å². The largest absolute Gasteiger partial charge is 0.465 e. The first-order valence-corrected chi connectivity index (χ1v) is 15.5. The number of carboxylic acid groups (broad SMARTS) is 1. The first-order valence-electron chi connectivity index (χ1n) is 14.1. The number of anilines is 1. The standard InChI is InChI=1S/C30H42N4O6S/c1-5-14-33(15-6-2)19-25-24-17-23(12-13-26(24)31-29(25)36)41(39,40)34(18-21(3)4)20-28(35)27(32-30(37)38)16-22-10-8-7-9-11-22/h7-13,17,19,21,27-28,32,35H,5-6,14-16,18,20H2,1-4H3,(H,31,36)(H,37,38). The van der Waals surface area contributed by atoms with Crippen molar-refractivity contribution >= 4 is 33.3 Å². The highest BCUT2D eigenvalue weighted by atomic mass is 32.2. The van der Waals surface area contributed by atoms with Crippen LogP contribution >= 0.6 is 0 Å². The average molecular weight is 587 g/mol. The molecule has 224 valence electrons. The van der Waals surface area contributed by atoms with Crippen LogP contribution in [0, 0.1) is 5.92 Å². The molecule has 2 amide bonds. The number of fused-ring (bicyclic) bond motifs is 1. The van der Waals surface area contributed by atoms with Crippen molar-refractivity contribution in [3.05, 3.63) is 65.9 Å². The third-order valence-electron chi connectivity index (χ3n) is 6.78. The molecule has 2 aromatic carbocycles. The Kier molecular flexibility index (Phi) is 11.3. The predicted octanol–water partition coefficient (Wildman–Crippen LogP) is 3.99. The number of aliphatic hydroxyl groups excluding tert-OH is 1. The van der Waals surface area contributed by atoms with Crippen molar-refractivity contribution in [3.63, 3.8) is 0 Å². The topological polar surface area (TPSA) is 139 Å². The number of nitrogens with zero attached hydrogens (tertiary/aromatic N) is 2. The summed E-state index contributed by atoms with van der Waals surface area (Å²) in [6.07, 6.45) is 1.17. The lowest BCUT2D eigenvalue weighted by Gasteiger charge is -2.30. The summed E-state index contributed by atoms with van der Waals surface area (Å²) in [4.78, 5) is 26.4. The number of hydrogen-bond acceptors (Lipinski definition) is 6. The number of hydrogen-bond donors (Lipinski definition) is 4. The van der Waals surface area contributed by atoms with E-state index in [2.05, 4.69) is 29.4 Å². The third kappa shape index (κ3) is 8.54. The minimum Gasteiger partial charge on any atom is -0.465 e. The third-order valence-corrected chi connectivity index (χ3v) is 8.60. The molecule has 1 heterocycles. The lowest BCUT2D eigenvalue weighted by molar-refractivity contribution is -0.110. The summed E-state index contributed by atoms with van der Waals surface area (Å²) >= 11 is 0. The predicted molar refractivity (Wildman–Crippen MR) is 160 cm³/mol. The second kappa shape index (κ2) is 14.5. The van der Waals surface area contributed by atoms with E-state index in [4.69, 9.17) is 0 Å². The van der Waals surface area contributed by atoms with Crippen LogP contribution in [0.2, 0.25) is 0 Å². The van der Waals surface area contributed by atoms with Crippen molar-refractivity contribution in [1.29, 1.82) is 0 Å². The molecule has 10 nitrogen and oxygen atoms in total. The van der Waals surface area contributed by atoms with Gasteiger partial charge in [-0.3, -0.25) is 4.79 Å². The molecular formula is C30H42N4O6S. The highest BCUT2D eigenvalue weighted by Crippen LogP contribution is 2.35. The lowest BCUT2D eigenvalue weighted by Crippen LogP contribution is -2.50. The molecule has 0 aliphatic carbocycles. The molecule has 0 radical (unpaired) electrons. The maximum absolute atomic E-state index is 14.0. The highest BCUT2D eigenvalue weighted by Gasteiger charge is 2.33. The van der Waals surface area contributed by atoms with Gasteiger partial charge < -0.3 is 25.7 Å². The average Bonchev–Trinajstić information content (AvgIpc) is 3.22. The first-order chi connectivity index (χ1) is 19.5. The Labute approximate surface area is 243 Å². The lowest BCUT2D eigenvalue weighted by atomic mass is 10.0. The molecule has 0 bridgehead atoms. The molecular weight excluding hydrogens is 544 g/mol. The van der Waals surface area contributed by atoms with Crippen LogP contribution in [-0.4, -0.2) is 78.2 Å². The van der Waals surface area contributed by atoms with Gasteiger partial charge in [0.1, 0.15) is 0 Å². The van der Waals surface area contributed by atoms with Crippen LogP contribution in [0.4, 0.5) is 10.5 Å². The van der Waals surface area contributed by atoms with Gasteiger partial charge in [0.25, 0.3) is 5.91 Å². The molecule has 2 unspecified atom stereocenters. The van der Waals surface area contributed by atoms with Crippen LogP contribution in [0.25, 0.3) is 5.57 Å². The van der Waals surface area contributed by atoms with Gasteiger partial charge in [0.05, 0.1) is 22.6 Å². The Bertz CT molecular complexity index is 1320. The second-order valence-electron chi connectivity index (χ2n) is 10.8. The van der Waals surface area contributed by atoms with Crippen molar-refractivity contribution in [2.45, 2.75) is 64.0 Å². The Morgan fingerprint density at radius 3 is 2.29 bits per heavy atom. The van der Waals surface area contributed by atoms with Gasteiger partial charge >= 0.3 is 6.09 Å². The van der Waals surface area contributed by atoms with E-state index in [9.17, 15) is 28.2 Å². The Morgan fingerprint density at radius 1 is 1.05 bits per heavy atom. The molecule has 1 aliphatic rings. The fourth-order valence-electron chi connectivity index (χ4n) is 4.93. The summed E-state index contributed by atoms with van der Waals surface area (Å²) in [7, 11) is -4.12. The monoisotopic (exact) mass is 586 g/mol. The maximum Gasteiger partial charge on any atom is 0.404 e. The summed E-state index contributed by atoms with van der Waals surface area (Å²) in [5, 5.41) is 25.7. The molecule has 0 saturated heterocycles. The molecule has 2 aromatic rings. The Balaban J connectivity index is 1.94. The van der Waals surface area contributed by atoms with Crippen molar-refractivity contribution < 1.29 is 28.2 Å². The van der Waals surface area contributed by atoms with Crippen molar-refractivity contribution in [2.75, 3.05) is 31.5 Å². The van der Waals surface area contributed by atoms with Crippen LogP contribution in [0.5, 0.6) is 0 Å². The molecule has 3 rings (SSSR count). The molecule has 2 atom stereocenters. The van der Waals surface area contributed by atoms with Gasteiger partial charge in [0.2, 0.25) is 10.0 Å². The zero-order valence-corrected chi connectivity index (χ0v) is 25.0. The van der Waals surface area contributed by atoms with E-state index in [0.29, 0.717) is 16.8 Å². The molecule has 0 saturated carbocycles. The summed E-state index contributed by atoms with van der Waals surface area (Å²) in [6.45, 7) is 9.20. The number of benzene rings is 2. The minimum absolute atomic E-state index is 0.00478. The van der Waals surface area contributed by atoms with Gasteiger partial charge in [-0.25, -0.2) is 13.2 Å². The molecule has 11 heteroatoms. The van der Waals surface area contributed by atoms with E-state index in [1.807, 2.05) is 44.2 Å². The van der Waals surface area contributed by atoms with E-state index in [1.165, 1.54) is 16.4 Å². The SMILES string of the molecule is CCCN(C=C1C(=O)Nc2ccc(S(=O)(=O)N(CC(C)C)CC(O)C(Cc3ccccc3)NC(=O)O)cc21)CCC. The first kappa shape index (κ1) is 32.1. The summed E-state index contributed by atoms with van der Waals surface area (Å²) in [5.74, 6) is -0.355. The zero-order chi connectivity index (χ0) is 30.2. The molecule has 4 N–H and O–H groups in total. The van der Waals surface area contributed by atoms with Gasteiger partial charge in [-0.05, 0) is 48.9 Å². The van der Waals surface area contributed by atoms with Crippen LogP contribution < -0.4 is 10.6 Å². The van der Waals surface area contributed by atoms with Crippen LogP contribution in [-0.2, 0) is 21.2 Å². The van der Waals surface area contributed by atoms with Gasteiger partial charge in [0, 0.05) is 43.6 Å². The summed E-state index contributed by atoms with van der Waals surface area (Å²) in [5.41, 5.74) is 2.26. The van der Waals surface area contributed by atoms with E-state index in [0.717, 1.165) is 31.5 Å². The molecule has 0 spiro atoms. The number of rotatable bonds is 15. The van der Waals surface area contributed by atoms with Crippen LogP contribution in [0.15, 0.2) is 59.6 Å². The van der Waals surface area contributed by atoms with Gasteiger partial charge in [-0.15, -0.1) is 0 Å². The second-order valence-corrected chi connectivity index (χ2v) is 12.7. The highest BCUT2D eigenvalue weighted by molar-refractivity contribution is 7.89. The Hall–Kier alpha value is -3.41. The van der Waals surface area contributed by atoms with E-state index >= 15 is 0 Å². The normalized spacial score (nSPS) is 15.6. The summed E-state index contributed by atoms with van der Waals surface area (Å²) < 4.78 is 29.1. The zero-order valence-electron chi connectivity index (χ0n) is 24.2. The number of sulfonamides is 1. The minimum atomic E-state index is -4.12. The quantitative estimate of drug-likeness (QED) is 0.232. The smallest absolute Gasteiger partial charge is 0.404 e. The molecule has 1 aliphatic heterocycles. The van der Waals surface area contributed by atoms with Gasteiger partial charge in [0.15, 0.2) is 0 Å². The van der Waals surface area contributed by atoms with Gasteiger partial charge in [-0.1, -0.05) is 58.0 Å². The maximum atomic E-state index is 14.0. The Morgan fingerprint density at radius 2 is 1.71 bits per heavy atom. The number of nitrogens with one attached hydrogen (secondary N) is 2. The summed E-state index contributed by atoms with van der Waals surface area (Å²) in [6, 6.07) is 12.7. The van der Waals surface area contributed by atoms with Crippen LogP contribution in [0.1, 0.15) is 51.7 Å². The van der Waals surface area contributed by atoms with Crippen molar-refractivity contribution in [3.8, 4) is 0 Å². The fourth-order valence-corrected chi connectivity index (χ4v) is 6.57. The molecule has 41 heavy (non-hydrogen) atoms. The van der Waals surface area contributed by atoms with Crippen LogP contribution in [0.3, 0.4) is 0 Å². The van der Waals surface area contributed by atoms with Crippen molar-refractivity contribution in [1.82, 2.24) is 14.5 Å². The number of carbonyl (C=O) groups is 2.